The van der Waals surface area contributed by atoms with E-state index in [0.717, 1.165) is 18.5 Å². The zero-order valence-electron chi connectivity index (χ0n) is 8.76. The molecule has 0 radical (unpaired) electrons. The molecular weight excluding hydrogens is 160 g/mol. The van der Waals surface area contributed by atoms with Crippen molar-refractivity contribution in [2.75, 3.05) is 26.8 Å². The maximum absolute atomic E-state index is 3.26. The lowest BCUT2D eigenvalue weighted by Gasteiger charge is -2.41. The molecule has 2 unspecified atom stereocenters. The second kappa shape index (κ2) is 4.43. The minimum atomic E-state index is 1.02. The summed E-state index contributed by atoms with van der Waals surface area (Å²) in [6.07, 6.45) is 7.43. The lowest BCUT2D eigenvalue weighted by Crippen LogP contribution is -2.44. The van der Waals surface area contributed by atoms with Crippen LogP contribution in [0.3, 0.4) is 0 Å². The summed E-state index contributed by atoms with van der Waals surface area (Å²) in [4.78, 5) is 2.58. The Labute approximate surface area is 81.7 Å². The van der Waals surface area contributed by atoms with Crippen LogP contribution in [0.2, 0.25) is 0 Å². The third-order valence-electron chi connectivity index (χ3n) is 3.76. The standard InChI is InChI=1S/C11H22N2/c1-12-9-13-7-6-10-4-2-3-5-11(10)8-13/h10-12H,2-9H2,1H3. The van der Waals surface area contributed by atoms with Gasteiger partial charge in [-0.05, 0) is 38.3 Å². The largest absolute Gasteiger partial charge is 0.307 e. The van der Waals surface area contributed by atoms with Gasteiger partial charge >= 0.3 is 0 Å². The fraction of sp³-hybridized carbons (Fsp3) is 1.00. The number of hydrogen-bond donors (Lipinski definition) is 1. The monoisotopic (exact) mass is 182 g/mol. The predicted octanol–water partition coefficient (Wildman–Crippen LogP) is 1.68. The highest BCUT2D eigenvalue weighted by molar-refractivity contribution is 4.82. The molecule has 1 heterocycles. The van der Waals surface area contributed by atoms with Crippen LogP contribution in [0.15, 0.2) is 0 Å². The van der Waals surface area contributed by atoms with E-state index in [1.807, 2.05) is 7.05 Å². The van der Waals surface area contributed by atoms with E-state index in [0.29, 0.717) is 0 Å². The first-order valence-corrected chi connectivity index (χ1v) is 5.77. The summed E-state index contributed by atoms with van der Waals surface area (Å²) < 4.78 is 0. The smallest absolute Gasteiger partial charge is 0.0478 e. The molecule has 1 aliphatic carbocycles. The summed E-state index contributed by atoms with van der Waals surface area (Å²) in [5.74, 6) is 2.10. The minimum absolute atomic E-state index is 1.02. The predicted molar refractivity (Wildman–Crippen MR) is 55.6 cm³/mol. The lowest BCUT2D eigenvalue weighted by atomic mass is 9.75. The van der Waals surface area contributed by atoms with E-state index in [4.69, 9.17) is 0 Å². The van der Waals surface area contributed by atoms with Crippen LogP contribution in [0.5, 0.6) is 0 Å². The Balaban J connectivity index is 1.84. The summed E-state index contributed by atoms with van der Waals surface area (Å²) >= 11 is 0. The van der Waals surface area contributed by atoms with E-state index in [-0.39, 0.29) is 0 Å². The lowest BCUT2D eigenvalue weighted by molar-refractivity contribution is 0.0829. The summed E-state index contributed by atoms with van der Waals surface area (Å²) in [6, 6.07) is 0. The van der Waals surface area contributed by atoms with Crippen molar-refractivity contribution in [1.82, 2.24) is 10.2 Å². The van der Waals surface area contributed by atoms with Gasteiger partial charge in [-0.3, -0.25) is 4.90 Å². The van der Waals surface area contributed by atoms with E-state index in [2.05, 4.69) is 10.2 Å². The maximum atomic E-state index is 3.26. The molecule has 13 heavy (non-hydrogen) atoms. The number of rotatable bonds is 2. The van der Waals surface area contributed by atoms with Crippen molar-refractivity contribution in [1.29, 1.82) is 0 Å². The third kappa shape index (κ3) is 2.23. The molecular formula is C11H22N2. The normalized spacial score (nSPS) is 35.8. The van der Waals surface area contributed by atoms with Crippen molar-refractivity contribution >= 4 is 0 Å². The van der Waals surface area contributed by atoms with Gasteiger partial charge in [-0.15, -0.1) is 0 Å². The summed E-state index contributed by atoms with van der Waals surface area (Å²) in [5.41, 5.74) is 0. The first kappa shape index (κ1) is 9.47. The van der Waals surface area contributed by atoms with Gasteiger partial charge in [0.05, 0.1) is 0 Å². The molecule has 2 nitrogen and oxygen atoms in total. The van der Waals surface area contributed by atoms with Gasteiger partial charge in [0.1, 0.15) is 0 Å². The third-order valence-corrected chi connectivity index (χ3v) is 3.76. The van der Waals surface area contributed by atoms with Crippen molar-refractivity contribution in [3.8, 4) is 0 Å². The van der Waals surface area contributed by atoms with Gasteiger partial charge < -0.3 is 5.32 Å². The Morgan fingerprint density at radius 2 is 1.92 bits per heavy atom. The molecule has 2 atom stereocenters. The molecule has 1 N–H and O–H groups in total. The number of nitrogens with zero attached hydrogens (tertiary/aromatic N) is 1. The average Bonchev–Trinajstić information content (AvgIpc) is 2.18. The molecule has 0 amide bonds. The van der Waals surface area contributed by atoms with Crippen molar-refractivity contribution in [3.63, 3.8) is 0 Å². The Bertz CT molecular complexity index is 158. The molecule has 1 saturated carbocycles. The summed E-state index contributed by atoms with van der Waals surface area (Å²) in [6.45, 7) is 3.76. The molecule has 76 valence electrons. The SMILES string of the molecule is CNCN1CCC2CCCCC2C1. The van der Waals surface area contributed by atoms with E-state index < -0.39 is 0 Å². The molecule has 0 bridgehead atoms. The topological polar surface area (TPSA) is 15.3 Å². The second-order valence-electron chi connectivity index (χ2n) is 4.68. The molecule has 2 heteroatoms. The number of piperidine rings is 1. The molecule has 0 aromatic carbocycles. The summed E-state index contributed by atoms with van der Waals surface area (Å²) in [7, 11) is 2.05. The second-order valence-corrected chi connectivity index (χ2v) is 4.68. The molecule has 0 aromatic heterocycles. The highest BCUT2D eigenvalue weighted by Crippen LogP contribution is 2.35. The van der Waals surface area contributed by atoms with Gasteiger partial charge in [0.15, 0.2) is 0 Å². The van der Waals surface area contributed by atoms with Crippen molar-refractivity contribution in [3.05, 3.63) is 0 Å². The van der Waals surface area contributed by atoms with Crippen LogP contribution >= 0.6 is 0 Å². The summed E-state index contributed by atoms with van der Waals surface area (Å²) in [5, 5.41) is 3.26. The minimum Gasteiger partial charge on any atom is -0.307 e. The molecule has 2 aliphatic rings. The van der Waals surface area contributed by atoms with Crippen LogP contribution < -0.4 is 5.32 Å². The first-order chi connectivity index (χ1) is 6.40. The Kier molecular flexibility index (Phi) is 3.23. The fourth-order valence-electron chi connectivity index (χ4n) is 3.04. The Hall–Kier alpha value is -0.0800. The molecule has 2 fully saturated rings. The van der Waals surface area contributed by atoms with Crippen molar-refractivity contribution < 1.29 is 0 Å². The highest BCUT2D eigenvalue weighted by atomic mass is 15.2. The van der Waals surface area contributed by atoms with Crippen LogP contribution in [0.4, 0.5) is 0 Å². The van der Waals surface area contributed by atoms with E-state index in [9.17, 15) is 0 Å². The van der Waals surface area contributed by atoms with Crippen LogP contribution in [-0.4, -0.2) is 31.7 Å². The van der Waals surface area contributed by atoms with E-state index in [1.165, 1.54) is 45.2 Å². The molecule has 1 aliphatic heterocycles. The van der Waals surface area contributed by atoms with Crippen LogP contribution in [0.25, 0.3) is 0 Å². The van der Waals surface area contributed by atoms with Gasteiger partial charge in [-0.2, -0.15) is 0 Å². The van der Waals surface area contributed by atoms with Gasteiger partial charge in [-0.25, -0.2) is 0 Å². The van der Waals surface area contributed by atoms with Gasteiger partial charge in [0, 0.05) is 13.2 Å². The van der Waals surface area contributed by atoms with E-state index in [1.54, 1.807) is 0 Å². The number of likely N-dealkylation sites (tertiary alicyclic amines) is 1. The number of nitrogens with one attached hydrogen (secondary N) is 1. The quantitative estimate of drug-likeness (QED) is 0.699. The molecule has 0 aromatic rings. The molecule has 2 rings (SSSR count). The van der Waals surface area contributed by atoms with Crippen molar-refractivity contribution in [2.45, 2.75) is 32.1 Å². The Morgan fingerprint density at radius 1 is 1.15 bits per heavy atom. The van der Waals surface area contributed by atoms with Crippen LogP contribution in [0.1, 0.15) is 32.1 Å². The number of fused-ring (bicyclic) bond motifs is 1. The molecule has 0 spiro atoms. The zero-order valence-corrected chi connectivity index (χ0v) is 8.76. The average molecular weight is 182 g/mol. The highest BCUT2D eigenvalue weighted by Gasteiger charge is 2.30. The van der Waals surface area contributed by atoms with E-state index >= 15 is 0 Å². The fourth-order valence-corrected chi connectivity index (χ4v) is 3.04. The van der Waals surface area contributed by atoms with Crippen molar-refractivity contribution in [2.24, 2.45) is 11.8 Å². The van der Waals surface area contributed by atoms with Gasteiger partial charge in [-0.1, -0.05) is 19.3 Å². The number of hydrogen-bond acceptors (Lipinski definition) is 2. The zero-order chi connectivity index (χ0) is 9.10. The molecule has 1 saturated heterocycles. The first-order valence-electron chi connectivity index (χ1n) is 5.77. The van der Waals surface area contributed by atoms with Crippen LogP contribution in [-0.2, 0) is 0 Å². The van der Waals surface area contributed by atoms with Crippen LogP contribution in [0, 0.1) is 11.8 Å². The maximum Gasteiger partial charge on any atom is 0.0478 e. The van der Waals surface area contributed by atoms with Gasteiger partial charge in [0.2, 0.25) is 0 Å². The Morgan fingerprint density at radius 3 is 2.69 bits per heavy atom. The van der Waals surface area contributed by atoms with Gasteiger partial charge in [0.25, 0.3) is 0 Å².